The van der Waals surface area contributed by atoms with Gasteiger partial charge in [0.2, 0.25) is 11.0 Å². The average Bonchev–Trinajstić information content (AvgIpc) is 3.07. The molecule has 0 aliphatic carbocycles. The largest absolute Gasteiger partial charge is 0.492 e. The first-order valence-electron chi connectivity index (χ1n) is 8.40. The van der Waals surface area contributed by atoms with Crippen LogP contribution in [0.25, 0.3) is 0 Å². The van der Waals surface area contributed by atoms with Crippen molar-refractivity contribution in [2.24, 2.45) is 0 Å². The lowest BCUT2D eigenvalue weighted by atomic mass is 10.3. The van der Waals surface area contributed by atoms with Crippen LogP contribution in [0.3, 0.4) is 0 Å². The number of carbonyl (C=O) groups excluding carboxylic acids is 1. The molecule has 1 aromatic carbocycles. The van der Waals surface area contributed by atoms with Crippen LogP contribution >= 0.6 is 23.1 Å². The van der Waals surface area contributed by atoms with E-state index >= 15 is 0 Å². The topological polar surface area (TPSA) is 67.4 Å². The fourth-order valence-corrected chi connectivity index (χ4v) is 3.87. The quantitative estimate of drug-likeness (QED) is 0.483. The number of thioether (sulfide) groups is 1. The summed E-state index contributed by atoms with van der Waals surface area (Å²) in [6.45, 7) is 11.6. The maximum Gasteiger partial charge on any atom is 0.233 e. The van der Waals surface area contributed by atoms with Gasteiger partial charge in [0.25, 0.3) is 0 Å². The van der Waals surface area contributed by atoms with Crippen molar-refractivity contribution in [2.45, 2.75) is 25.1 Å². The number of hydrogen-bond donors (Lipinski definition) is 1. The van der Waals surface area contributed by atoms with Crippen molar-refractivity contribution in [1.82, 2.24) is 15.1 Å². The van der Waals surface area contributed by atoms with Crippen LogP contribution in [-0.4, -0.2) is 46.5 Å². The molecule has 1 N–H and O–H groups in total. The van der Waals surface area contributed by atoms with Crippen molar-refractivity contribution in [2.75, 3.05) is 30.8 Å². The Balaban J connectivity index is 1.94. The molecule has 1 aromatic heterocycles. The number of carbonyl (C=O) groups is 1. The third kappa shape index (κ3) is 6.03. The maximum atomic E-state index is 12.3. The van der Waals surface area contributed by atoms with Crippen molar-refractivity contribution in [3.8, 4) is 5.75 Å². The molecule has 0 saturated heterocycles. The van der Waals surface area contributed by atoms with Crippen molar-refractivity contribution in [3.05, 3.63) is 36.4 Å². The Morgan fingerprint density at radius 3 is 2.81 bits per heavy atom. The number of anilines is 2. The molecular formula is C18H24N4O2S2. The van der Waals surface area contributed by atoms with Crippen molar-refractivity contribution in [1.29, 1.82) is 0 Å². The smallest absolute Gasteiger partial charge is 0.233 e. The van der Waals surface area contributed by atoms with Crippen LogP contribution in [0, 0.1) is 0 Å². The number of amides is 1. The summed E-state index contributed by atoms with van der Waals surface area (Å²) in [5.41, 5.74) is 1.82. The lowest BCUT2D eigenvalue weighted by Crippen LogP contribution is -2.33. The average molecular weight is 393 g/mol. The van der Waals surface area contributed by atoms with E-state index in [0.29, 0.717) is 30.6 Å². The number of nitrogens with one attached hydrogen (secondary N) is 1. The minimum Gasteiger partial charge on any atom is -0.492 e. The van der Waals surface area contributed by atoms with Gasteiger partial charge in [0.15, 0.2) is 4.34 Å². The third-order valence-corrected chi connectivity index (χ3v) is 5.31. The molecule has 0 saturated carbocycles. The zero-order chi connectivity index (χ0) is 18.9. The number of likely N-dealkylation sites (N-methyl/N-ethyl adjacent to an activating group) is 1. The molecule has 0 unspecified atom stereocenters. The summed E-state index contributed by atoms with van der Waals surface area (Å²) in [5, 5.41) is 12.2. The second-order valence-electron chi connectivity index (χ2n) is 5.58. The highest BCUT2D eigenvalue weighted by atomic mass is 32.2. The Hall–Kier alpha value is -2.06. The monoisotopic (exact) mass is 392 g/mol. The fourth-order valence-electron chi connectivity index (χ4n) is 2.20. The van der Waals surface area contributed by atoms with E-state index < -0.39 is 0 Å². The Morgan fingerprint density at radius 2 is 2.12 bits per heavy atom. The van der Waals surface area contributed by atoms with Gasteiger partial charge in [-0.15, -0.1) is 10.2 Å². The molecule has 0 aliphatic heterocycles. The summed E-state index contributed by atoms with van der Waals surface area (Å²) >= 11 is 2.81. The normalized spacial score (nSPS) is 10.4. The van der Waals surface area contributed by atoms with Crippen LogP contribution in [0.1, 0.15) is 20.8 Å². The third-order valence-electron chi connectivity index (χ3n) is 3.35. The highest BCUT2D eigenvalue weighted by Crippen LogP contribution is 2.31. The number of benzene rings is 1. The van der Waals surface area contributed by atoms with Gasteiger partial charge in [-0.05, 0) is 32.9 Å². The minimum absolute atomic E-state index is 0.0758. The molecule has 0 spiro atoms. The summed E-state index contributed by atoms with van der Waals surface area (Å²) in [7, 11) is 0. The predicted octanol–water partition coefficient (Wildman–Crippen LogP) is 4.20. The number of ether oxygens (including phenoxy) is 1. The second kappa shape index (κ2) is 10.2. The lowest BCUT2D eigenvalue weighted by molar-refractivity contribution is -0.127. The zero-order valence-electron chi connectivity index (χ0n) is 15.3. The fraction of sp³-hybridized carbons (Fsp3) is 0.389. The van der Waals surface area contributed by atoms with Crippen LogP contribution in [0.5, 0.6) is 5.75 Å². The first kappa shape index (κ1) is 20.3. The second-order valence-corrected chi connectivity index (χ2v) is 7.78. The van der Waals surface area contributed by atoms with E-state index in [9.17, 15) is 4.79 Å². The molecule has 2 aromatic rings. The van der Waals surface area contributed by atoms with Crippen molar-refractivity contribution < 1.29 is 9.53 Å². The van der Waals surface area contributed by atoms with Crippen LogP contribution in [-0.2, 0) is 4.79 Å². The van der Waals surface area contributed by atoms with Crippen LogP contribution < -0.4 is 10.1 Å². The molecular weight excluding hydrogens is 368 g/mol. The van der Waals surface area contributed by atoms with E-state index in [1.807, 2.05) is 45.0 Å². The van der Waals surface area contributed by atoms with E-state index in [2.05, 4.69) is 22.1 Å². The standard InChI is InChI=1S/C18H24N4O2S2/c1-5-22(11-13(3)4)16(23)12-25-18-21-20-17(26-18)19-14-9-7-8-10-15(14)24-6-2/h7-10H,3,5-6,11-12H2,1-2,4H3,(H,19,20). The summed E-state index contributed by atoms with van der Waals surface area (Å²) in [4.78, 5) is 14.1. The van der Waals surface area contributed by atoms with Gasteiger partial charge in [-0.2, -0.15) is 0 Å². The predicted molar refractivity (Wildman–Crippen MR) is 109 cm³/mol. The zero-order valence-corrected chi connectivity index (χ0v) is 17.0. The van der Waals surface area contributed by atoms with Crippen molar-refractivity contribution >= 4 is 39.8 Å². The van der Waals surface area contributed by atoms with Gasteiger partial charge >= 0.3 is 0 Å². The van der Waals surface area contributed by atoms with E-state index in [0.717, 1.165) is 21.3 Å². The lowest BCUT2D eigenvalue weighted by Gasteiger charge is -2.20. The van der Waals surface area contributed by atoms with Crippen LogP contribution in [0.4, 0.5) is 10.8 Å². The van der Waals surface area contributed by atoms with Gasteiger partial charge in [0.05, 0.1) is 18.0 Å². The number of para-hydroxylation sites is 2. The molecule has 140 valence electrons. The Morgan fingerprint density at radius 1 is 1.35 bits per heavy atom. The molecule has 8 heteroatoms. The molecule has 2 rings (SSSR count). The summed E-state index contributed by atoms with van der Waals surface area (Å²) in [6.07, 6.45) is 0. The van der Waals surface area contributed by atoms with Gasteiger partial charge in [-0.3, -0.25) is 4.79 Å². The molecule has 0 atom stereocenters. The SMILES string of the molecule is C=C(C)CN(CC)C(=O)CSc1nnc(Nc2ccccc2OCC)s1. The Kier molecular flexibility index (Phi) is 7.93. The van der Waals surface area contributed by atoms with Crippen molar-refractivity contribution in [3.63, 3.8) is 0 Å². The van der Waals surface area contributed by atoms with E-state index in [1.54, 1.807) is 4.90 Å². The van der Waals surface area contributed by atoms with E-state index in [1.165, 1.54) is 23.1 Å². The molecule has 0 fully saturated rings. The summed E-state index contributed by atoms with van der Waals surface area (Å²) < 4.78 is 6.35. The van der Waals surface area contributed by atoms with Gasteiger partial charge < -0.3 is 15.0 Å². The highest BCUT2D eigenvalue weighted by Gasteiger charge is 2.14. The van der Waals surface area contributed by atoms with Crippen LogP contribution in [0.2, 0.25) is 0 Å². The molecule has 0 aliphatic rings. The molecule has 1 amide bonds. The Bertz CT molecular complexity index is 748. The van der Waals surface area contributed by atoms with Gasteiger partial charge in [0, 0.05) is 13.1 Å². The first-order chi connectivity index (χ1) is 12.5. The number of nitrogens with zero attached hydrogens (tertiary/aromatic N) is 3. The van der Waals surface area contributed by atoms with Gasteiger partial charge in [0.1, 0.15) is 5.75 Å². The van der Waals surface area contributed by atoms with E-state index in [-0.39, 0.29) is 5.91 Å². The summed E-state index contributed by atoms with van der Waals surface area (Å²) in [6, 6.07) is 7.69. The number of aromatic nitrogens is 2. The highest BCUT2D eigenvalue weighted by molar-refractivity contribution is 8.01. The van der Waals surface area contributed by atoms with Gasteiger partial charge in [-0.1, -0.05) is 47.4 Å². The molecule has 0 bridgehead atoms. The number of rotatable bonds is 10. The Labute approximate surface area is 162 Å². The van der Waals surface area contributed by atoms with Gasteiger partial charge in [-0.25, -0.2) is 0 Å². The number of hydrogen-bond acceptors (Lipinski definition) is 7. The molecule has 1 heterocycles. The molecule has 0 radical (unpaired) electrons. The molecule has 26 heavy (non-hydrogen) atoms. The summed E-state index contributed by atoms with van der Waals surface area (Å²) in [5.74, 6) is 1.19. The van der Waals surface area contributed by atoms with E-state index in [4.69, 9.17) is 4.74 Å². The maximum absolute atomic E-state index is 12.3. The minimum atomic E-state index is 0.0758. The first-order valence-corrected chi connectivity index (χ1v) is 10.2. The van der Waals surface area contributed by atoms with Crippen LogP contribution in [0.15, 0.2) is 40.8 Å². The molecule has 6 nitrogen and oxygen atoms in total.